The van der Waals surface area contributed by atoms with Crippen LogP contribution in [0, 0.1) is 0 Å². The molecular weight excluding hydrogens is 404 g/mol. The summed E-state index contributed by atoms with van der Waals surface area (Å²) in [6, 6.07) is 11.4. The van der Waals surface area contributed by atoms with Gasteiger partial charge in [0.2, 0.25) is 5.60 Å². The SMILES string of the molecule is COc1ccc(C2=NO[C@](CC(=O)O)(C(=O)Nc3ccc(C(C)=O)cc3)C2)cc1OC. The summed E-state index contributed by atoms with van der Waals surface area (Å²) < 4.78 is 10.5. The number of anilines is 1. The monoisotopic (exact) mass is 426 g/mol. The predicted octanol–water partition coefficient (Wildman–Crippen LogP) is 2.88. The average molecular weight is 426 g/mol. The number of ketones is 1. The number of Topliss-reactive ketones (excluding diaryl/α,β-unsaturated/α-hetero) is 1. The van der Waals surface area contributed by atoms with E-state index in [-0.39, 0.29) is 12.2 Å². The Labute approximate surface area is 178 Å². The van der Waals surface area contributed by atoms with E-state index < -0.39 is 23.9 Å². The molecule has 1 heterocycles. The highest BCUT2D eigenvalue weighted by molar-refractivity contribution is 6.09. The molecule has 2 aromatic rings. The number of benzene rings is 2. The van der Waals surface area contributed by atoms with Crippen LogP contribution in [-0.2, 0) is 14.4 Å². The van der Waals surface area contributed by atoms with Crippen molar-refractivity contribution in [2.75, 3.05) is 19.5 Å². The zero-order valence-corrected chi connectivity index (χ0v) is 17.3. The van der Waals surface area contributed by atoms with Gasteiger partial charge in [0, 0.05) is 23.2 Å². The van der Waals surface area contributed by atoms with E-state index in [1.54, 1.807) is 42.5 Å². The third-order valence-corrected chi connectivity index (χ3v) is 4.90. The molecular formula is C22H22N2O7. The minimum absolute atomic E-state index is 0.0495. The lowest BCUT2D eigenvalue weighted by Gasteiger charge is -2.23. The molecule has 1 amide bonds. The first-order chi connectivity index (χ1) is 14.8. The molecule has 9 nitrogen and oxygen atoms in total. The maximum atomic E-state index is 13.0. The van der Waals surface area contributed by atoms with Crippen molar-refractivity contribution in [2.24, 2.45) is 5.16 Å². The molecule has 3 rings (SSSR count). The topological polar surface area (TPSA) is 124 Å². The number of amides is 1. The van der Waals surface area contributed by atoms with Gasteiger partial charge in [0.05, 0.1) is 26.4 Å². The molecule has 0 aliphatic carbocycles. The number of hydrogen-bond donors (Lipinski definition) is 2. The largest absolute Gasteiger partial charge is 0.493 e. The number of rotatable bonds is 8. The van der Waals surface area contributed by atoms with Gasteiger partial charge in [-0.05, 0) is 49.4 Å². The molecule has 1 aliphatic rings. The van der Waals surface area contributed by atoms with Crippen molar-refractivity contribution < 1.29 is 33.8 Å². The molecule has 1 atom stereocenters. The number of carboxylic acid groups (broad SMARTS) is 1. The predicted molar refractivity (Wildman–Crippen MR) is 112 cm³/mol. The Morgan fingerprint density at radius 1 is 1.10 bits per heavy atom. The highest BCUT2D eigenvalue weighted by atomic mass is 16.7. The van der Waals surface area contributed by atoms with Crippen molar-refractivity contribution in [1.82, 2.24) is 0 Å². The quantitative estimate of drug-likeness (QED) is 0.622. The van der Waals surface area contributed by atoms with Gasteiger partial charge in [-0.1, -0.05) is 5.16 Å². The fourth-order valence-corrected chi connectivity index (χ4v) is 3.22. The molecule has 9 heteroatoms. The Morgan fingerprint density at radius 2 is 1.77 bits per heavy atom. The van der Waals surface area contributed by atoms with Crippen molar-refractivity contribution >= 4 is 29.1 Å². The number of carbonyl (C=O) groups is 3. The van der Waals surface area contributed by atoms with Gasteiger partial charge in [0.25, 0.3) is 5.91 Å². The highest BCUT2D eigenvalue weighted by Gasteiger charge is 2.49. The fraction of sp³-hybridized carbons (Fsp3) is 0.273. The summed E-state index contributed by atoms with van der Waals surface area (Å²) in [6.07, 6.45) is -0.628. The molecule has 31 heavy (non-hydrogen) atoms. The van der Waals surface area contributed by atoms with E-state index >= 15 is 0 Å². The number of nitrogens with one attached hydrogen (secondary N) is 1. The molecule has 0 saturated heterocycles. The van der Waals surface area contributed by atoms with E-state index in [0.717, 1.165) is 0 Å². The smallest absolute Gasteiger partial charge is 0.308 e. The van der Waals surface area contributed by atoms with Crippen LogP contribution in [0.4, 0.5) is 5.69 Å². The lowest BCUT2D eigenvalue weighted by atomic mass is 9.90. The highest BCUT2D eigenvalue weighted by Crippen LogP contribution is 2.34. The first-order valence-corrected chi connectivity index (χ1v) is 9.39. The molecule has 0 fully saturated rings. The summed E-state index contributed by atoms with van der Waals surface area (Å²) in [7, 11) is 3.01. The van der Waals surface area contributed by atoms with Crippen molar-refractivity contribution in [1.29, 1.82) is 0 Å². The lowest BCUT2D eigenvalue weighted by Crippen LogP contribution is -2.45. The second kappa shape index (κ2) is 8.86. The number of carboxylic acids is 1. The number of carbonyl (C=O) groups excluding carboxylic acids is 2. The van der Waals surface area contributed by atoms with Crippen molar-refractivity contribution in [3.05, 3.63) is 53.6 Å². The summed E-state index contributed by atoms with van der Waals surface area (Å²) in [5.41, 5.74) is 0.207. The molecule has 0 saturated carbocycles. The molecule has 162 valence electrons. The van der Waals surface area contributed by atoms with Crippen molar-refractivity contribution in [3.8, 4) is 11.5 Å². The summed E-state index contributed by atoms with van der Waals surface area (Å²) in [4.78, 5) is 41.3. The van der Waals surface area contributed by atoms with Crippen LogP contribution < -0.4 is 14.8 Å². The Kier molecular flexibility index (Phi) is 6.24. The van der Waals surface area contributed by atoms with Crippen molar-refractivity contribution in [2.45, 2.75) is 25.4 Å². The number of methoxy groups -OCH3 is 2. The second-order valence-electron chi connectivity index (χ2n) is 7.03. The van der Waals surface area contributed by atoms with E-state index in [0.29, 0.717) is 34.0 Å². The fourth-order valence-electron chi connectivity index (χ4n) is 3.22. The Bertz CT molecular complexity index is 1050. The van der Waals surface area contributed by atoms with Gasteiger partial charge < -0.3 is 24.7 Å². The van der Waals surface area contributed by atoms with E-state index in [1.807, 2.05) is 0 Å². The number of aliphatic carboxylic acids is 1. The van der Waals surface area contributed by atoms with Crippen LogP contribution in [0.5, 0.6) is 11.5 Å². The molecule has 1 aliphatic heterocycles. The van der Waals surface area contributed by atoms with Crippen LogP contribution in [0.2, 0.25) is 0 Å². The van der Waals surface area contributed by atoms with E-state index in [4.69, 9.17) is 14.3 Å². The van der Waals surface area contributed by atoms with Crippen LogP contribution in [0.15, 0.2) is 47.6 Å². The normalized spacial score (nSPS) is 17.3. The lowest BCUT2D eigenvalue weighted by molar-refractivity contribution is -0.152. The van der Waals surface area contributed by atoms with Gasteiger partial charge in [0.15, 0.2) is 17.3 Å². The number of nitrogens with zero attached hydrogens (tertiary/aromatic N) is 1. The van der Waals surface area contributed by atoms with Gasteiger partial charge in [-0.15, -0.1) is 0 Å². The molecule has 0 aromatic heterocycles. The zero-order valence-electron chi connectivity index (χ0n) is 17.3. The summed E-state index contributed by atoms with van der Waals surface area (Å²) in [5, 5.41) is 16.0. The standard InChI is InChI=1S/C22H22N2O7/c1-13(25)14-4-7-16(8-5-14)23-21(28)22(12-20(26)27)11-17(24-31-22)15-6-9-18(29-2)19(10-15)30-3/h4-10H,11-12H2,1-3H3,(H,23,28)(H,26,27)/t22-/m1/s1. The van der Waals surface area contributed by atoms with Gasteiger partial charge in [-0.3, -0.25) is 14.4 Å². The minimum atomic E-state index is -1.71. The van der Waals surface area contributed by atoms with Crippen LogP contribution in [0.3, 0.4) is 0 Å². The van der Waals surface area contributed by atoms with Gasteiger partial charge in [0.1, 0.15) is 0 Å². The van der Waals surface area contributed by atoms with Crippen LogP contribution in [-0.4, -0.2) is 48.3 Å². The third kappa shape index (κ3) is 4.66. The Balaban J connectivity index is 1.83. The van der Waals surface area contributed by atoms with E-state index in [9.17, 15) is 19.5 Å². The maximum absolute atomic E-state index is 13.0. The zero-order chi connectivity index (χ0) is 22.6. The second-order valence-corrected chi connectivity index (χ2v) is 7.03. The van der Waals surface area contributed by atoms with Crippen LogP contribution >= 0.6 is 0 Å². The maximum Gasteiger partial charge on any atom is 0.308 e. The molecule has 2 N–H and O–H groups in total. The number of ether oxygens (including phenoxy) is 2. The number of oxime groups is 1. The van der Waals surface area contributed by atoms with Gasteiger partial charge in [-0.2, -0.15) is 0 Å². The minimum Gasteiger partial charge on any atom is -0.493 e. The molecule has 0 radical (unpaired) electrons. The van der Waals surface area contributed by atoms with Crippen LogP contribution in [0.25, 0.3) is 0 Å². The summed E-state index contributed by atoms with van der Waals surface area (Å²) >= 11 is 0. The first-order valence-electron chi connectivity index (χ1n) is 9.39. The van der Waals surface area contributed by atoms with Gasteiger partial charge >= 0.3 is 5.97 Å². The Hall–Kier alpha value is -3.88. The number of hydrogen-bond acceptors (Lipinski definition) is 7. The Morgan fingerprint density at radius 3 is 2.35 bits per heavy atom. The molecule has 0 unspecified atom stereocenters. The average Bonchev–Trinajstić information content (AvgIpc) is 3.18. The molecule has 0 spiro atoms. The summed E-state index contributed by atoms with van der Waals surface area (Å²) in [6.45, 7) is 1.44. The third-order valence-electron chi connectivity index (χ3n) is 4.90. The van der Waals surface area contributed by atoms with Gasteiger partial charge in [-0.25, -0.2) is 0 Å². The van der Waals surface area contributed by atoms with Crippen LogP contribution in [0.1, 0.15) is 35.7 Å². The van der Waals surface area contributed by atoms with E-state index in [1.165, 1.54) is 21.1 Å². The first kappa shape index (κ1) is 21.8. The molecule has 2 aromatic carbocycles. The molecule has 0 bridgehead atoms. The summed E-state index contributed by atoms with van der Waals surface area (Å²) in [5.74, 6) is -0.967. The van der Waals surface area contributed by atoms with E-state index in [2.05, 4.69) is 10.5 Å². The van der Waals surface area contributed by atoms with Crippen molar-refractivity contribution in [3.63, 3.8) is 0 Å².